The number of carbonyl (C=O) groups is 3. The molecule has 2 rings (SSSR count). The van der Waals surface area contributed by atoms with Gasteiger partial charge in [0.1, 0.15) is 6.04 Å². The molecule has 2 aliphatic rings. The van der Waals surface area contributed by atoms with Crippen molar-refractivity contribution < 1.29 is 24.3 Å². The van der Waals surface area contributed by atoms with Crippen LogP contribution in [0.15, 0.2) is 12.2 Å². The van der Waals surface area contributed by atoms with Gasteiger partial charge in [0.25, 0.3) is 0 Å². The Morgan fingerprint density at radius 1 is 1.42 bits per heavy atom. The fourth-order valence-electron chi connectivity index (χ4n) is 3.49. The first-order valence-electron chi connectivity index (χ1n) is 9.22. The maximum Gasteiger partial charge on any atom is 0.245 e. The standard InChI is InChI=1S/C18H29N3O5/c1-3-4-5-15(12-20(25)13-22)17(23)21-11-14(2)10-16(21)18(24)19-6-8-26-9-7-19/h13,15-16,25H,2-12H2,1H3/t15-,16+/m1/s1. The number of amides is 3. The van der Waals surface area contributed by atoms with Gasteiger partial charge in [0.15, 0.2) is 0 Å². The number of hydroxylamine groups is 2. The van der Waals surface area contributed by atoms with Crippen LogP contribution in [-0.4, -0.2) is 83.7 Å². The van der Waals surface area contributed by atoms with E-state index < -0.39 is 12.0 Å². The molecule has 2 saturated heterocycles. The highest BCUT2D eigenvalue weighted by molar-refractivity contribution is 5.90. The number of unbranched alkanes of at least 4 members (excludes halogenated alkanes) is 1. The van der Waals surface area contributed by atoms with Crippen LogP contribution in [0.3, 0.4) is 0 Å². The van der Waals surface area contributed by atoms with Gasteiger partial charge in [-0.15, -0.1) is 0 Å². The van der Waals surface area contributed by atoms with Crippen LogP contribution in [0.2, 0.25) is 0 Å². The van der Waals surface area contributed by atoms with Crippen LogP contribution in [0.1, 0.15) is 32.6 Å². The van der Waals surface area contributed by atoms with Crippen LogP contribution < -0.4 is 0 Å². The summed E-state index contributed by atoms with van der Waals surface area (Å²) < 4.78 is 5.29. The number of rotatable bonds is 8. The Bertz CT molecular complexity index is 533. The van der Waals surface area contributed by atoms with E-state index in [-0.39, 0.29) is 18.4 Å². The van der Waals surface area contributed by atoms with Crippen LogP contribution in [0.25, 0.3) is 0 Å². The average molecular weight is 367 g/mol. The van der Waals surface area contributed by atoms with Crippen LogP contribution in [0, 0.1) is 5.92 Å². The molecule has 0 aromatic rings. The van der Waals surface area contributed by atoms with E-state index in [1.807, 2.05) is 6.92 Å². The summed E-state index contributed by atoms with van der Waals surface area (Å²) in [5.41, 5.74) is 0.843. The zero-order valence-electron chi connectivity index (χ0n) is 15.4. The topological polar surface area (TPSA) is 90.4 Å². The third kappa shape index (κ3) is 5.04. The molecule has 0 saturated carbocycles. The lowest BCUT2D eigenvalue weighted by atomic mass is 9.99. The van der Waals surface area contributed by atoms with E-state index in [9.17, 15) is 19.6 Å². The molecule has 0 spiro atoms. The SMILES string of the molecule is C=C1C[C@@H](C(=O)N2CCOCC2)N(C(=O)[C@H](CCCC)CN(O)C=O)C1. The van der Waals surface area contributed by atoms with Crippen LogP contribution in [-0.2, 0) is 19.1 Å². The van der Waals surface area contributed by atoms with E-state index in [4.69, 9.17) is 4.74 Å². The summed E-state index contributed by atoms with van der Waals surface area (Å²) in [7, 11) is 0. The molecule has 1 N–H and O–H groups in total. The highest BCUT2D eigenvalue weighted by atomic mass is 16.5. The number of hydrogen-bond acceptors (Lipinski definition) is 5. The zero-order chi connectivity index (χ0) is 19.1. The summed E-state index contributed by atoms with van der Waals surface area (Å²) in [5, 5.41) is 10.0. The molecule has 2 heterocycles. The van der Waals surface area contributed by atoms with Crippen molar-refractivity contribution in [1.82, 2.24) is 14.9 Å². The number of nitrogens with zero attached hydrogens (tertiary/aromatic N) is 3. The Hall–Kier alpha value is -1.93. The second-order valence-electron chi connectivity index (χ2n) is 6.94. The summed E-state index contributed by atoms with van der Waals surface area (Å²) in [6.45, 7) is 8.31. The molecular weight excluding hydrogens is 338 g/mol. The van der Waals surface area contributed by atoms with Gasteiger partial charge >= 0.3 is 0 Å². The molecule has 0 aromatic heterocycles. The van der Waals surface area contributed by atoms with E-state index in [0.717, 1.165) is 18.4 Å². The second-order valence-corrected chi connectivity index (χ2v) is 6.94. The van der Waals surface area contributed by atoms with Crippen molar-refractivity contribution >= 4 is 18.2 Å². The Balaban J connectivity index is 2.12. The van der Waals surface area contributed by atoms with E-state index in [0.29, 0.717) is 57.2 Å². The first-order chi connectivity index (χ1) is 12.5. The molecule has 0 bridgehead atoms. The quantitative estimate of drug-likeness (QED) is 0.295. The summed E-state index contributed by atoms with van der Waals surface area (Å²) in [6.07, 6.45) is 3.02. The minimum Gasteiger partial charge on any atom is -0.378 e. The fourth-order valence-corrected chi connectivity index (χ4v) is 3.49. The highest BCUT2D eigenvalue weighted by Crippen LogP contribution is 2.27. The Morgan fingerprint density at radius 3 is 2.73 bits per heavy atom. The van der Waals surface area contributed by atoms with Crippen LogP contribution in [0.5, 0.6) is 0 Å². The van der Waals surface area contributed by atoms with Gasteiger partial charge in [-0.2, -0.15) is 0 Å². The molecule has 2 atom stereocenters. The molecule has 3 amide bonds. The van der Waals surface area contributed by atoms with Gasteiger partial charge in [-0.05, 0) is 12.8 Å². The minimum absolute atomic E-state index is 0.0657. The van der Waals surface area contributed by atoms with Gasteiger partial charge in [0, 0.05) is 19.6 Å². The largest absolute Gasteiger partial charge is 0.378 e. The lowest BCUT2D eigenvalue weighted by Crippen LogP contribution is -2.52. The average Bonchev–Trinajstić information content (AvgIpc) is 3.06. The number of likely N-dealkylation sites (tertiary alicyclic amines) is 1. The van der Waals surface area contributed by atoms with Gasteiger partial charge < -0.3 is 14.5 Å². The molecule has 0 radical (unpaired) electrons. The Morgan fingerprint density at radius 2 is 2.12 bits per heavy atom. The molecule has 2 fully saturated rings. The number of hydrogen-bond donors (Lipinski definition) is 1. The van der Waals surface area contributed by atoms with Crippen molar-refractivity contribution in [3.05, 3.63) is 12.2 Å². The molecule has 146 valence electrons. The molecular formula is C18H29N3O5. The van der Waals surface area contributed by atoms with Gasteiger partial charge in [-0.1, -0.05) is 31.9 Å². The maximum absolute atomic E-state index is 13.1. The fraction of sp³-hybridized carbons (Fsp3) is 0.722. The molecule has 2 aliphatic heterocycles. The van der Waals surface area contributed by atoms with Crippen molar-refractivity contribution in [3.8, 4) is 0 Å². The maximum atomic E-state index is 13.1. The van der Waals surface area contributed by atoms with E-state index in [1.54, 1.807) is 9.80 Å². The number of morpholine rings is 1. The lowest BCUT2D eigenvalue weighted by molar-refractivity contribution is -0.159. The van der Waals surface area contributed by atoms with E-state index in [2.05, 4.69) is 6.58 Å². The molecule has 0 aliphatic carbocycles. The normalized spacial score (nSPS) is 21.6. The molecule has 0 unspecified atom stereocenters. The minimum atomic E-state index is -0.555. The Labute approximate surface area is 154 Å². The first kappa shape index (κ1) is 20.4. The van der Waals surface area contributed by atoms with Crippen molar-refractivity contribution in [1.29, 1.82) is 0 Å². The summed E-state index contributed by atoms with van der Waals surface area (Å²) in [4.78, 5) is 40.0. The van der Waals surface area contributed by atoms with Crippen molar-refractivity contribution in [2.75, 3.05) is 39.4 Å². The third-order valence-corrected chi connectivity index (χ3v) is 4.93. The monoisotopic (exact) mass is 367 g/mol. The summed E-state index contributed by atoms with van der Waals surface area (Å²) >= 11 is 0. The van der Waals surface area contributed by atoms with Gasteiger partial charge in [0.05, 0.1) is 25.7 Å². The van der Waals surface area contributed by atoms with Crippen LogP contribution in [0.4, 0.5) is 0 Å². The van der Waals surface area contributed by atoms with Gasteiger partial charge in [0.2, 0.25) is 18.2 Å². The third-order valence-electron chi connectivity index (χ3n) is 4.93. The highest BCUT2D eigenvalue weighted by Gasteiger charge is 2.40. The predicted molar refractivity (Wildman–Crippen MR) is 94.2 cm³/mol. The van der Waals surface area contributed by atoms with Crippen molar-refractivity contribution in [2.45, 2.75) is 38.6 Å². The second kappa shape index (κ2) is 9.68. The van der Waals surface area contributed by atoms with Crippen LogP contribution >= 0.6 is 0 Å². The van der Waals surface area contributed by atoms with Crippen molar-refractivity contribution in [3.63, 3.8) is 0 Å². The smallest absolute Gasteiger partial charge is 0.245 e. The predicted octanol–water partition coefficient (Wildman–Crippen LogP) is 0.656. The van der Waals surface area contributed by atoms with E-state index >= 15 is 0 Å². The number of carbonyl (C=O) groups excluding carboxylic acids is 3. The molecule has 0 aromatic carbocycles. The summed E-state index contributed by atoms with van der Waals surface area (Å²) in [5.74, 6) is -0.813. The first-order valence-corrected chi connectivity index (χ1v) is 9.22. The van der Waals surface area contributed by atoms with Crippen molar-refractivity contribution in [2.24, 2.45) is 5.92 Å². The zero-order valence-corrected chi connectivity index (χ0v) is 15.4. The number of ether oxygens (including phenoxy) is 1. The lowest BCUT2D eigenvalue weighted by Gasteiger charge is -2.34. The molecule has 8 nitrogen and oxygen atoms in total. The van der Waals surface area contributed by atoms with Gasteiger partial charge in [-0.25, -0.2) is 5.06 Å². The van der Waals surface area contributed by atoms with Gasteiger partial charge in [-0.3, -0.25) is 19.6 Å². The molecule has 8 heteroatoms. The Kier molecular flexibility index (Phi) is 7.59. The molecule has 26 heavy (non-hydrogen) atoms. The summed E-state index contributed by atoms with van der Waals surface area (Å²) in [6, 6.07) is -0.555. The van der Waals surface area contributed by atoms with E-state index in [1.165, 1.54) is 0 Å².